The van der Waals surface area contributed by atoms with Crippen LogP contribution in [-0.4, -0.2) is 19.1 Å². The van der Waals surface area contributed by atoms with Crippen molar-refractivity contribution in [1.82, 2.24) is 0 Å². The number of hydrogen-bond acceptors (Lipinski definition) is 4. The Balaban J connectivity index is 2.41. The van der Waals surface area contributed by atoms with Gasteiger partial charge in [0.1, 0.15) is 11.6 Å². The van der Waals surface area contributed by atoms with Gasteiger partial charge in [0.05, 0.1) is 28.9 Å². The highest BCUT2D eigenvalue weighted by molar-refractivity contribution is 6.40. The first-order chi connectivity index (χ1) is 12.9. The van der Waals surface area contributed by atoms with Crippen molar-refractivity contribution in [2.45, 2.75) is 20.0 Å². The minimum absolute atomic E-state index is 0.116. The first-order valence-corrected chi connectivity index (χ1v) is 8.83. The van der Waals surface area contributed by atoms with Gasteiger partial charge in [0.15, 0.2) is 11.5 Å². The second-order valence-corrected chi connectivity index (χ2v) is 6.58. The molecule has 0 aromatic heterocycles. The Hall–Kier alpha value is -2.68. The Morgan fingerprint density at radius 1 is 1.19 bits per heavy atom. The smallest absolute Gasteiger partial charge is 0.266 e. The van der Waals surface area contributed by atoms with Gasteiger partial charge < -0.3 is 14.8 Å². The highest BCUT2D eigenvalue weighted by atomic mass is 35.5. The number of anilines is 1. The normalized spacial score (nSPS) is 11.1. The minimum Gasteiger partial charge on any atom is -0.493 e. The zero-order chi connectivity index (χ0) is 20.0. The van der Waals surface area contributed by atoms with Gasteiger partial charge in [-0.1, -0.05) is 41.4 Å². The van der Waals surface area contributed by atoms with E-state index in [2.05, 4.69) is 5.32 Å². The van der Waals surface area contributed by atoms with Crippen LogP contribution in [0.5, 0.6) is 11.5 Å². The van der Waals surface area contributed by atoms with E-state index in [4.69, 9.17) is 32.7 Å². The summed E-state index contributed by atoms with van der Waals surface area (Å²) in [6.45, 7) is 3.74. The number of methoxy groups -OCH3 is 1. The van der Waals surface area contributed by atoms with E-state index >= 15 is 0 Å². The molecule has 0 saturated heterocycles. The summed E-state index contributed by atoms with van der Waals surface area (Å²) < 4.78 is 11.1. The third-order valence-electron chi connectivity index (χ3n) is 3.45. The number of ether oxygens (including phenoxy) is 2. The number of carbonyl (C=O) groups excluding carboxylic acids is 1. The molecule has 27 heavy (non-hydrogen) atoms. The number of benzene rings is 2. The maximum absolute atomic E-state index is 12.5. The molecule has 5 nitrogen and oxygen atoms in total. The van der Waals surface area contributed by atoms with Gasteiger partial charge in [-0.2, -0.15) is 5.26 Å². The highest BCUT2D eigenvalue weighted by Gasteiger charge is 2.17. The van der Waals surface area contributed by atoms with Gasteiger partial charge >= 0.3 is 0 Å². The second kappa shape index (κ2) is 9.31. The van der Waals surface area contributed by atoms with Crippen LogP contribution in [0.2, 0.25) is 10.0 Å². The molecule has 2 rings (SSSR count). The fraction of sp³-hybridized carbons (Fsp3) is 0.200. The predicted molar refractivity (Wildman–Crippen MR) is 107 cm³/mol. The molecule has 0 atom stereocenters. The summed E-state index contributed by atoms with van der Waals surface area (Å²) in [5, 5.41) is 12.6. The Morgan fingerprint density at radius 3 is 2.37 bits per heavy atom. The molecule has 0 aliphatic rings. The van der Waals surface area contributed by atoms with Crippen LogP contribution in [0.15, 0.2) is 42.0 Å². The first kappa shape index (κ1) is 20.6. The summed E-state index contributed by atoms with van der Waals surface area (Å²) in [4.78, 5) is 12.5. The highest BCUT2D eigenvalue weighted by Crippen LogP contribution is 2.34. The molecular formula is C20H18Cl2N2O3. The molecule has 0 spiro atoms. The number of carbonyl (C=O) groups is 1. The van der Waals surface area contributed by atoms with E-state index in [1.54, 1.807) is 36.4 Å². The zero-order valence-electron chi connectivity index (χ0n) is 15.0. The SMILES string of the molecule is COc1cccc(C=C(C#N)C(=O)Nc2c(Cl)cccc2Cl)c1OC(C)C. The van der Waals surface area contributed by atoms with Crippen molar-refractivity contribution < 1.29 is 14.3 Å². The molecule has 1 amide bonds. The molecule has 0 heterocycles. The van der Waals surface area contributed by atoms with E-state index in [-0.39, 0.29) is 27.4 Å². The minimum atomic E-state index is -0.634. The van der Waals surface area contributed by atoms with Gasteiger partial charge in [0.2, 0.25) is 0 Å². The van der Waals surface area contributed by atoms with E-state index < -0.39 is 5.91 Å². The maximum atomic E-state index is 12.5. The van der Waals surface area contributed by atoms with E-state index in [9.17, 15) is 10.1 Å². The monoisotopic (exact) mass is 404 g/mol. The lowest BCUT2D eigenvalue weighted by Gasteiger charge is -2.16. The van der Waals surface area contributed by atoms with Crippen LogP contribution >= 0.6 is 23.2 Å². The van der Waals surface area contributed by atoms with Crippen LogP contribution in [-0.2, 0) is 4.79 Å². The van der Waals surface area contributed by atoms with Gasteiger partial charge in [-0.15, -0.1) is 0 Å². The number of nitrogens with zero attached hydrogens (tertiary/aromatic N) is 1. The number of amides is 1. The molecule has 7 heteroatoms. The Labute approximate surface area is 168 Å². The lowest BCUT2D eigenvalue weighted by molar-refractivity contribution is -0.112. The number of rotatable bonds is 6. The molecule has 0 saturated carbocycles. The van der Waals surface area contributed by atoms with Crippen LogP contribution in [0.1, 0.15) is 19.4 Å². The Kier molecular flexibility index (Phi) is 7.12. The topological polar surface area (TPSA) is 71.3 Å². The van der Waals surface area contributed by atoms with Crippen LogP contribution in [0.3, 0.4) is 0 Å². The molecule has 0 aliphatic heterocycles. The van der Waals surface area contributed by atoms with Crippen molar-refractivity contribution in [3.8, 4) is 17.6 Å². The van der Waals surface area contributed by atoms with Gasteiger partial charge in [-0.05, 0) is 38.1 Å². The fourth-order valence-electron chi connectivity index (χ4n) is 2.27. The summed E-state index contributed by atoms with van der Waals surface area (Å²) in [6, 6.07) is 12.0. The van der Waals surface area contributed by atoms with Crippen molar-refractivity contribution in [2.75, 3.05) is 12.4 Å². The number of nitriles is 1. The van der Waals surface area contributed by atoms with E-state index in [1.807, 2.05) is 19.9 Å². The fourth-order valence-corrected chi connectivity index (χ4v) is 2.76. The quantitative estimate of drug-likeness (QED) is 0.521. The Bertz CT molecular complexity index is 898. The molecule has 0 radical (unpaired) electrons. The van der Waals surface area contributed by atoms with Crippen LogP contribution in [0, 0.1) is 11.3 Å². The number of nitrogens with one attached hydrogen (secondary N) is 1. The number of hydrogen-bond donors (Lipinski definition) is 1. The van der Waals surface area contributed by atoms with E-state index in [0.717, 1.165) is 0 Å². The summed E-state index contributed by atoms with van der Waals surface area (Å²) in [5.41, 5.74) is 0.657. The maximum Gasteiger partial charge on any atom is 0.266 e. The summed E-state index contributed by atoms with van der Waals surface area (Å²) >= 11 is 12.1. The summed E-state index contributed by atoms with van der Waals surface area (Å²) in [6.07, 6.45) is 1.31. The van der Waals surface area contributed by atoms with Crippen LogP contribution in [0.4, 0.5) is 5.69 Å². The van der Waals surface area contributed by atoms with Crippen molar-refractivity contribution in [1.29, 1.82) is 5.26 Å². The molecule has 0 bridgehead atoms. The average molecular weight is 405 g/mol. The van der Waals surface area contributed by atoms with Crippen LogP contribution in [0.25, 0.3) is 6.08 Å². The Morgan fingerprint density at radius 2 is 1.81 bits per heavy atom. The molecule has 0 fully saturated rings. The molecule has 0 aliphatic carbocycles. The van der Waals surface area contributed by atoms with Crippen LogP contribution < -0.4 is 14.8 Å². The zero-order valence-corrected chi connectivity index (χ0v) is 16.6. The molecule has 140 valence electrons. The molecule has 2 aromatic rings. The molecular weight excluding hydrogens is 387 g/mol. The number of halogens is 2. The third-order valence-corrected chi connectivity index (χ3v) is 4.08. The summed E-state index contributed by atoms with van der Waals surface area (Å²) in [7, 11) is 1.52. The number of para-hydroxylation sites is 2. The van der Waals surface area contributed by atoms with Gasteiger partial charge in [0, 0.05) is 5.56 Å². The van der Waals surface area contributed by atoms with Gasteiger partial charge in [0.25, 0.3) is 5.91 Å². The van der Waals surface area contributed by atoms with Crippen molar-refractivity contribution in [2.24, 2.45) is 0 Å². The largest absolute Gasteiger partial charge is 0.493 e. The van der Waals surface area contributed by atoms with Gasteiger partial charge in [-0.25, -0.2) is 0 Å². The standard InChI is InChI=1S/C20H18Cl2N2O3/c1-12(2)27-19-13(6-4-9-17(19)26-3)10-14(11-23)20(25)24-18-15(21)7-5-8-16(18)22/h4-10,12H,1-3H3,(H,24,25). The van der Waals surface area contributed by atoms with Crippen molar-refractivity contribution in [3.05, 3.63) is 57.6 Å². The van der Waals surface area contributed by atoms with Crippen molar-refractivity contribution >= 4 is 40.9 Å². The predicted octanol–water partition coefficient (Wildman–Crippen LogP) is 5.33. The molecule has 1 N–H and O–H groups in total. The molecule has 0 unspecified atom stereocenters. The van der Waals surface area contributed by atoms with E-state index in [0.29, 0.717) is 17.1 Å². The first-order valence-electron chi connectivity index (χ1n) is 8.08. The third kappa shape index (κ3) is 5.16. The lowest BCUT2D eigenvalue weighted by atomic mass is 10.1. The van der Waals surface area contributed by atoms with Gasteiger partial charge in [-0.3, -0.25) is 4.79 Å². The van der Waals surface area contributed by atoms with E-state index in [1.165, 1.54) is 13.2 Å². The second-order valence-electron chi connectivity index (χ2n) is 5.77. The summed E-state index contributed by atoms with van der Waals surface area (Å²) in [5.74, 6) is 0.321. The molecule has 2 aromatic carbocycles. The lowest BCUT2D eigenvalue weighted by Crippen LogP contribution is -2.14. The average Bonchev–Trinajstić information content (AvgIpc) is 2.63. The van der Waals surface area contributed by atoms with Crippen molar-refractivity contribution in [3.63, 3.8) is 0 Å².